The Labute approximate surface area is 188 Å². The lowest BCUT2D eigenvalue weighted by molar-refractivity contribution is -0.121. The number of carbonyl (C=O) groups is 1. The quantitative estimate of drug-likeness (QED) is 0.499. The topological polar surface area (TPSA) is 50.8 Å². The largest absolute Gasteiger partial charge is 0.485 e. The van der Waals surface area contributed by atoms with Crippen LogP contribution in [0.15, 0.2) is 72.8 Å². The summed E-state index contributed by atoms with van der Waals surface area (Å²) in [6.07, 6.45) is 0. The predicted octanol–water partition coefficient (Wildman–Crippen LogP) is 4.68. The van der Waals surface area contributed by atoms with Crippen LogP contribution in [0.2, 0.25) is 5.02 Å². The van der Waals surface area contributed by atoms with Gasteiger partial charge in [0.05, 0.1) is 11.6 Å². The van der Waals surface area contributed by atoms with E-state index in [0.29, 0.717) is 42.8 Å². The third-order valence-corrected chi connectivity index (χ3v) is 4.95. The first-order chi connectivity index (χ1) is 15.0. The third-order valence-electron chi connectivity index (χ3n) is 4.54. The lowest BCUT2D eigenvalue weighted by Gasteiger charge is -2.17. The lowest BCUT2D eigenvalue weighted by atomic mass is 10.2. The second kappa shape index (κ2) is 11.4. The van der Waals surface area contributed by atoms with Crippen molar-refractivity contribution in [3.63, 3.8) is 0 Å². The third kappa shape index (κ3) is 7.02. The molecule has 3 aromatic carbocycles. The molecule has 31 heavy (non-hydrogen) atoms. The van der Waals surface area contributed by atoms with Crippen molar-refractivity contribution < 1.29 is 14.3 Å². The Hall–Kier alpha value is -3.02. The van der Waals surface area contributed by atoms with Gasteiger partial charge in [0, 0.05) is 6.54 Å². The van der Waals surface area contributed by atoms with E-state index in [-0.39, 0.29) is 5.91 Å². The van der Waals surface area contributed by atoms with E-state index in [2.05, 4.69) is 5.32 Å². The first kappa shape index (κ1) is 22.7. The van der Waals surface area contributed by atoms with Crippen LogP contribution < -0.4 is 14.8 Å². The second-order valence-electron chi connectivity index (χ2n) is 7.43. The number of hydrogen-bond acceptors (Lipinski definition) is 4. The molecule has 0 saturated heterocycles. The Balaban J connectivity index is 1.77. The van der Waals surface area contributed by atoms with E-state index in [1.165, 1.54) is 0 Å². The standard InChI is InChI=1S/C25H27ClN2O3/c1-28(2)16-23(29)27-15-21-13-14-22(30-17-19-9-5-3-6-10-19)25(24(21)26)31-18-20-11-7-4-8-12-20/h3-14H,15-18H2,1-2H3,(H,27,29). The number of likely N-dealkylation sites (N-methyl/N-ethyl adjacent to an activating group) is 1. The van der Waals surface area contributed by atoms with Gasteiger partial charge in [-0.1, -0.05) is 78.3 Å². The van der Waals surface area contributed by atoms with Gasteiger partial charge in [0.15, 0.2) is 11.5 Å². The number of nitrogens with zero attached hydrogens (tertiary/aromatic N) is 1. The van der Waals surface area contributed by atoms with Crippen molar-refractivity contribution in [3.05, 3.63) is 94.5 Å². The maximum absolute atomic E-state index is 12.0. The summed E-state index contributed by atoms with van der Waals surface area (Å²) in [5.41, 5.74) is 2.84. The zero-order chi connectivity index (χ0) is 22.1. The normalized spacial score (nSPS) is 10.7. The number of benzene rings is 3. The summed E-state index contributed by atoms with van der Waals surface area (Å²) in [7, 11) is 3.70. The highest BCUT2D eigenvalue weighted by Gasteiger charge is 2.16. The molecule has 0 heterocycles. The van der Waals surface area contributed by atoms with Gasteiger partial charge in [0.25, 0.3) is 0 Å². The Bertz CT molecular complexity index is 979. The number of carbonyl (C=O) groups excluding carboxylic acids is 1. The monoisotopic (exact) mass is 438 g/mol. The van der Waals surface area contributed by atoms with Gasteiger partial charge in [0.2, 0.25) is 5.91 Å². The molecule has 0 aromatic heterocycles. The first-order valence-electron chi connectivity index (χ1n) is 10.1. The average Bonchev–Trinajstić information content (AvgIpc) is 2.77. The second-order valence-corrected chi connectivity index (χ2v) is 7.81. The van der Waals surface area contributed by atoms with Gasteiger partial charge < -0.3 is 19.7 Å². The molecule has 162 valence electrons. The molecule has 6 heteroatoms. The van der Waals surface area contributed by atoms with Crippen LogP contribution in [0.5, 0.6) is 11.5 Å². The number of amides is 1. The van der Waals surface area contributed by atoms with Crippen LogP contribution >= 0.6 is 11.6 Å². The number of hydrogen-bond donors (Lipinski definition) is 1. The minimum atomic E-state index is -0.0720. The molecule has 5 nitrogen and oxygen atoms in total. The van der Waals surface area contributed by atoms with E-state index in [1.54, 1.807) is 0 Å². The molecule has 0 saturated carbocycles. The van der Waals surface area contributed by atoms with Gasteiger partial charge in [-0.15, -0.1) is 0 Å². The summed E-state index contributed by atoms with van der Waals surface area (Å²) in [6.45, 7) is 1.38. The van der Waals surface area contributed by atoms with Gasteiger partial charge in [-0.05, 0) is 36.9 Å². The van der Waals surface area contributed by atoms with E-state index in [4.69, 9.17) is 21.1 Å². The molecule has 0 bridgehead atoms. The fourth-order valence-corrected chi connectivity index (χ4v) is 3.24. The van der Waals surface area contributed by atoms with Crippen LogP contribution in [0.3, 0.4) is 0 Å². The Morgan fingerprint density at radius 1 is 0.871 bits per heavy atom. The zero-order valence-corrected chi connectivity index (χ0v) is 18.6. The molecule has 0 radical (unpaired) electrons. The van der Waals surface area contributed by atoms with Crippen LogP contribution in [0.4, 0.5) is 0 Å². The number of ether oxygens (including phenoxy) is 2. The fraction of sp³-hybridized carbons (Fsp3) is 0.240. The Kier molecular flexibility index (Phi) is 8.33. The summed E-state index contributed by atoms with van der Waals surface area (Å²) >= 11 is 6.68. The maximum Gasteiger partial charge on any atom is 0.234 e. The van der Waals surface area contributed by atoms with Gasteiger partial charge in [-0.3, -0.25) is 4.79 Å². The van der Waals surface area contributed by atoms with Gasteiger partial charge in [0.1, 0.15) is 13.2 Å². The molecule has 0 atom stereocenters. The van der Waals surface area contributed by atoms with Gasteiger partial charge >= 0.3 is 0 Å². The molecule has 0 fully saturated rings. The van der Waals surface area contributed by atoms with Crippen LogP contribution in [0, 0.1) is 0 Å². The van der Waals surface area contributed by atoms with Crippen LogP contribution in [0.25, 0.3) is 0 Å². The molecule has 0 aliphatic rings. The molecule has 0 spiro atoms. The van der Waals surface area contributed by atoms with E-state index >= 15 is 0 Å². The predicted molar refractivity (Wildman–Crippen MR) is 123 cm³/mol. The lowest BCUT2D eigenvalue weighted by Crippen LogP contribution is -2.32. The summed E-state index contributed by atoms with van der Waals surface area (Å²) in [5, 5.41) is 3.32. The number of nitrogens with one attached hydrogen (secondary N) is 1. The summed E-state index contributed by atoms with van der Waals surface area (Å²) in [5.74, 6) is 0.964. The SMILES string of the molecule is CN(C)CC(=O)NCc1ccc(OCc2ccccc2)c(OCc2ccccc2)c1Cl. The summed E-state index contributed by atoms with van der Waals surface area (Å²) in [6, 6.07) is 23.5. The molecular weight excluding hydrogens is 412 g/mol. The minimum Gasteiger partial charge on any atom is -0.485 e. The molecule has 0 unspecified atom stereocenters. The molecule has 3 rings (SSSR count). The van der Waals surface area contributed by atoms with Gasteiger partial charge in [-0.2, -0.15) is 0 Å². The minimum absolute atomic E-state index is 0.0720. The van der Waals surface area contributed by atoms with Crippen molar-refractivity contribution >= 4 is 17.5 Å². The highest BCUT2D eigenvalue weighted by molar-refractivity contribution is 6.33. The highest BCUT2D eigenvalue weighted by Crippen LogP contribution is 2.38. The molecule has 0 aliphatic heterocycles. The van der Waals surface area contributed by atoms with Crippen molar-refractivity contribution in [3.8, 4) is 11.5 Å². The van der Waals surface area contributed by atoms with Crippen molar-refractivity contribution in [2.45, 2.75) is 19.8 Å². The van der Waals surface area contributed by atoms with Crippen LogP contribution in [-0.4, -0.2) is 31.4 Å². The van der Waals surface area contributed by atoms with Crippen molar-refractivity contribution in [1.82, 2.24) is 10.2 Å². The summed E-state index contributed by atoms with van der Waals surface area (Å²) in [4.78, 5) is 13.8. The molecular formula is C25H27ClN2O3. The van der Waals surface area contributed by atoms with E-state index in [9.17, 15) is 4.79 Å². The zero-order valence-electron chi connectivity index (χ0n) is 17.8. The average molecular weight is 439 g/mol. The maximum atomic E-state index is 12.0. The van der Waals surface area contributed by atoms with E-state index in [0.717, 1.165) is 16.7 Å². The fourth-order valence-electron chi connectivity index (χ4n) is 2.97. The molecule has 3 aromatic rings. The van der Waals surface area contributed by atoms with E-state index < -0.39 is 0 Å². The van der Waals surface area contributed by atoms with Crippen molar-refractivity contribution in [2.24, 2.45) is 0 Å². The van der Waals surface area contributed by atoms with Crippen molar-refractivity contribution in [1.29, 1.82) is 0 Å². The first-order valence-corrected chi connectivity index (χ1v) is 10.5. The Morgan fingerprint density at radius 3 is 2.03 bits per heavy atom. The molecule has 0 aliphatic carbocycles. The van der Waals surface area contributed by atoms with Crippen LogP contribution in [0.1, 0.15) is 16.7 Å². The number of rotatable bonds is 10. The molecule has 1 amide bonds. The highest BCUT2D eigenvalue weighted by atomic mass is 35.5. The van der Waals surface area contributed by atoms with E-state index in [1.807, 2.05) is 91.8 Å². The molecule has 1 N–H and O–H groups in total. The van der Waals surface area contributed by atoms with Crippen molar-refractivity contribution in [2.75, 3.05) is 20.6 Å². The Morgan fingerprint density at radius 2 is 1.45 bits per heavy atom. The summed E-state index contributed by atoms with van der Waals surface area (Å²) < 4.78 is 12.1. The smallest absolute Gasteiger partial charge is 0.234 e. The van der Waals surface area contributed by atoms with Crippen LogP contribution in [-0.2, 0) is 24.6 Å². The number of halogens is 1. The van der Waals surface area contributed by atoms with Gasteiger partial charge in [-0.25, -0.2) is 0 Å².